The van der Waals surface area contributed by atoms with Gasteiger partial charge in [0.25, 0.3) is 0 Å². The number of nitrogens with zero attached hydrogens (tertiary/aromatic N) is 2. The van der Waals surface area contributed by atoms with E-state index in [1.165, 1.54) is 4.90 Å². The van der Waals surface area contributed by atoms with Crippen molar-refractivity contribution in [1.82, 2.24) is 0 Å². The molecule has 1 aromatic rings. The number of carbonyl (C=O) groups is 3. The molecule has 1 aliphatic carbocycles. The van der Waals surface area contributed by atoms with Crippen molar-refractivity contribution in [3.05, 3.63) is 24.3 Å². The fraction of sp³-hybridized carbons (Fsp3) is 0.412. The lowest BCUT2D eigenvalue weighted by atomic mass is 9.81. The Hall–Kier alpha value is -2.68. The first kappa shape index (κ1) is 15.2. The minimum absolute atomic E-state index is 0.110. The zero-order valence-corrected chi connectivity index (χ0v) is 12.6. The van der Waals surface area contributed by atoms with Gasteiger partial charge in [-0.15, -0.1) is 0 Å². The van der Waals surface area contributed by atoms with Crippen LogP contribution in [0.1, 0.15) is 32.1 Å². The Bertz CT molecular complexity index is 666. The lowest BCUT2D eigenvalue weighted by molar-refractivity contribution is -0.122. The summed E-state index contributed by atoms with van der Waals surface area (Å²) in [5.74, 6) is -0.959. The first-order valence-corrected chi connectivity index (χ1v) is 7.76. The Morgan fingerprint density at radius 3 is 2.22 bits per heavy atom. The van der Waals surface area contributed by atoms with Gasteiger partial charge in [-0.2, -0.15) is 5.26 Å². The molecule has 0 radical (unpaired) electrons. The highest BCUT2D eigenvalue weighted by Crippen LogP contribution is 2.40. The molecule has 0 bridgehead atoms. The molecule has 2 aliphatic rings. The second-order valence-electron chi connectivity index (χ2n) is 5.94. The molecular weight excluding hydrogens is 294 g/mol. The number of hydrogen-bond donors (Lipinski definition) is 1. The Morgan fingerprint density at radius 2 is 1.70 bits per heavy atom. The maximum Gasteiger partial charge on any atom is 0.238 e. The average molecular weight is 311 g/mol. The quantitative estimate of drug-likeness (QED) is 0.867. The molecule has 6 heteroatoms. The number of amides is 3. The molecule has 1 saturated heterocycles. The Kier molecular flexibility index (Phi) is 4.11. The monoisotopic (exact) mass is 311 g/mol. The molecule has 1 aromatic carbocycles. The molecule has 3 amide bonds. The number of imide groups is 1. The van der Waals surface area contributed by atoms with Crippen LogP contribution in [0.25, 0.3) is 0 Å². The molecule has 0 aromatic heterocycles. The van der Waals surface area contributed by atoms with E-state index in [1.54, 1.807) is 30.3 Å². The number of nitrogens with one attached hydrogen (secondary N) is 1. The third-order valence-electron chi connectivity index (χ3n) is 4.49. The Morgan fingerprint density at radius 1 is 1.13 bits per heavy atom. The van der Waals surface area contributed by atoms with Crippen LogP contribution in [0.3, 0.4) is 0 Å². The maximum absolute atomic E-state index is 12.5. The summed E-state index contributed by atoms with van der Waals surface area (Å²) in [7, 11) is 0. The highest BCUT2D eigenvalue weighted by atomic mass is 16.2. The minimum atomic E-state index is -0.389. The summed E-state index contributed by atoms with van der Waals surface area (Å²) in [4.78, 5) is 37.7. The van der Waals surface area contributed by atoms with Crippen molar-refractivity contribution in [3.8, 4) is 6.07 Å². The Balaban J connectivity index is 1.77. The summed E-state index contributed by atoms with van der Waals surface area (Å²) in [6.45, 7) is 0. The molecule has 6 nitrogen and oxygen atoms in total. The predicted molar refractivity (Wildman–Crippen MR) is 83.2 cm³/mol. The highest BCUT2D eigenvalue weighted by molar-refractivity contribution is 6.22. The van der Waals surface area contributed by atoms with E-state index in [4.69, 9.17) is 5.26 Å². The van der Waals surface area contributed by atoms with Gasteiger partial charge in [-0.05, 0) is 37.1 Å². The molecule has 0 spiro atoms. The van der Waals surface area contributed by atoms with Crippen LogP contribution >= 0.6 is 0 Å². The van der Waals surface area contributed by atoms with Crippen LogP contribution in [0.4, 0.5) is 11.4 Å². The highest BCUT2D eigenvalue weighted by Gasteiger charge is 2.48. The summed E-state index contributed by atoms with van der Waals surface area (Å²) < 4.78 is 0. The first-order chi connectivity index (χ1) is 11.1. The van der Waals surface area contributed by atoms with Gasteiger partial charge >= 0.3 is 0 Å². The van der Waals surface area contributed by atoms with E-state index in [9.17, 15) is 14.4 Å². The van der Waals surface area contributed by atoms with Crippen LogP contribution < -0.4 is 10.2 Å². The van der Waals surface area contributed by atoms with E-state index in [0.717, 1.165) is 25.7 Å². The second-order valence-corrected chi connectivity index (χ2v) is 5.94. The summed E-state index contributed by atoms with van der Waals surface area (Å²) in [5, 5.41) is 11.1. The van der Waals surface area contributed by atoms with Crippen LogP contribution in [-0.2, 0) is 14.4 Å². The topological polar surface area (TPSA) is 90.3 Å². The summed E-state index contributed by atoms with van der Waals surface area (Å²) in [5.41, 5.74) is 1.07. The third-order valence-corrected chi connectivity index (χ3v) is 4.49. The lowest BCUT2D eigenvalue weighted by Gasteiger charge is -2.19. The maximum atomic E-state index is 12.5. The zero-order chi connectivity index (χ0) is 16.4. The molecule has 1 N–H and O–H groups in total. The molecule has 1 saturated carbocycles. The molecule has 3 rings (SSSR count). The van der Waals surface area contributed by atoms with Crippen molar-refractivity contribution in [3.63, 3.8) is 0 Å². The summed E-state index contributed by atoms with van der Waals surface area (Å²) in [6, 6.07) is 8.33. The number of hydrogen-bond acceptors (Lipinski definition) is 4. The number of benzene rings is 1. The van der Waals surface area contributed by atoms with Gasteiger partial charge in [0.05, 0.1) is 23.6 Å². The van der Waals surface area contributed by atoms with E-state index < -0.39 is 0 Å². The van der Waals surface area contributed by atoms with Crippen LogP contribution in [-0.4, -0.2) is 17.7 Å². The van der Waals surface area contributed by atoms with Crippen LogP contribution in [0.15, 0.2) is 24.3 Å². The standard InChI is InChI=1S/C17H17N3O3/c18-10-9-15(21)19-11-5-7-12(8-6-11)20-16(22)13-3-1-2-4-14(13)17(20)23/h5-8,13-14H,1-4,9H2,(H,19,21). The fourth-order valence-corrected chi connectivity index (χ4v) is 3.39. The average Bonchev–Trinajstić information content (AvgIpc) is 2.81. The van der Waals surface area contributed by atoms with Gasteiger partial charge in [-0.25, -0.2) is 0 Å². The molecule has 1 aliphatic heterocycles. The van der Waals surface area contributed by atoms with Gasteiger partial charge in [0, 0.05) is 5.69 Å². The number of nitriles is 1. The zero-order valence-electron chi connectivity index (χ0n) is 12.6. The van der Waals surface area contributed by atoms with E-state index in [1.807, 2.05) is 0 Å². The van der Waals surface area contributed by atoms with Crippen molar-refractivity contribution in [2.45, 2.75) is 32.1 Å². The van der Waals surface area contributed by atoms with Gasteiger partial charge in [-0.1, -0.05) is 12.8 Å². The van der Waals surface area contributed by atoms with Crippen molar-refractivity contribution in [1.29, 1.82) is 5.26 Å². The number of fused-ring (bicyclic) bond motifs is 1. The van der Waals surface area contributed by atoms with Crippen molar-refractivity contribution >= 4 is 29.1 Å². The molecule has 2 fully saturated rings. The van der Waals surface area contributed by atoms with Gasteiger partial charge in [0.2, 0.25) is 17.7 Å². The number of rotatable bonds is 3. The van der Waals surface area contributed by atoms with Gasteiger partial charge in [0.1, 0.15) is 6.42 Å². The van der Waals surface area contributed by atoms with Gasteiger partial charge in [0.15, 0.2) is 0 Å². The predicted octanol–water partition coefficient (Wildman–Crippen LogP) is 2.22. The summed E-state index contributed by atoms with van der Waals surface area (Å²) >= 11 is 0. The molecule has 2 atom stereocenters. The molecular formula is C17H17N3O3. The summed E-state index contributed by atoms with van der Waals surface area (Å²) in [6.07, 6.45) is 3.35. The first-order valence-electron chi connectivity index (χ1n) is 7.76. The third kappa shape index (κ3) is 2.82. The SMILES string of the molecule is N#CCC(=O)Nc1ccc(N2C(=O)C3CCCCC3C2=O)cc1. The van der Waals surface area contributed by atoms with Crippen LogP contribution in [0.5, 0.6) is 0 Å². The van der Waals surface area contributed by atoms with E-state index in [-0.39, 0.29) is 36.0 Å². The van der Waals surface area contributed by atoms with Crippen LogP contribution in [0, 0.1) is 23.2 Å². The molecule has 1 heterocycles. The normalized spacial score (nSPS) is 23.3. The van der Waals surface area contributed by atoms with Crippen molar-refractivity contribution < 1.29 is 14.4 Å². The smallest absolute Gasteiger partial charge is 0.238 e. The van der Waals surface area contributed by atoms with Gasteiger partial charge < -0.3 is 5.32 Å². The number of carbonyl (C=O) groups excluding carboxylic acids is 3. The van der Waals surface area contributed by atoms with Crippen molar-refractivity contribution in [2.24, 2.45) is 11.8 Å². The second kappa shape index (κ2) is 6.21. The molecule has 2 unspecified atom stereocenters. The largest absolute Gasteiger partial charge is 0.325 e. The van der Waals surface area contributed by atoms with Crippen LogP contribution in [0.2, 0.25) is 0 Å². The molecule has 118 valence electrons. The minimum Gasteiger partial charge on any atom is -0.325 e. The van der Waals surface area contributed by atoms with E-state index in [2.05, 4.69) is 5.32 Å². The number of anilines is 2. The Labute approximate surface area is 134 Å². The van der Waals surface area contributed by atoms with Gasteiger partial charge in [-0.3, -0.25) is 19.3 Å². The van der Waals surface area contributed by atoms with E-state index in [0.29, 0.717) is 11.4 Å². The molecule has 23 heavy (non-hydrogen) atoms. The fourth-order valence-electron chi connectivity index (χ4n) is 3.39. The van der Waals surface area contributed by atoms with Crippen molar-refractivity contribution in [2.75, 3.05) is 10.2 Å². The van der Waals surface area contributed by atoms with E-state index >= 15 is 0 Å². The lowest BCUT2D eigenvalue weighted by Crippen LogP contribution is -2.30.